The van der Waals surface area contributed by atoms with E-state index in [1.807, 2.05) is 55.6 Å². The Bertz CT molecular complexity index is 4090. The van der Waals surface area contributed by atoms with Crippen LogP contribution in [0, 0.1) is 41.5 Å². The van der Waals surface area contributed by atoms with E-state index < -0.39 is 79.9 Å². The molecule has 8 N–H and O–H groups in total. The van der Waals surface area contributed by atoms with Crippen LogP contribution in [0.4, 0.5) is 0 Å². The molecule has 28 nitrogen and oxygen atoms in total. The van der Waals surface area contributed by atoms with E-state index in [-0.39, 0.29) is 64.4 Å². The maximum atomic E-state index is 13.1. The van der Waals surface area contributed by atoms with Gasteiger partial charge in [-0.25, -0.2) is 25.3 Å². The summed E-state index contributed by atoms with van der Waals surface area (Å²) in [6.07, 6.45) is 0. The maximum absolute atomic E-state index is 13.1. The van der Waals surface area contributed by atoms with E-state index >= 15 is 0 Å². The van der Waals surface area contributed by atoms with Crippen molar-refractivity contribution in [2.45, 2.75) is 155 Å². The first-order valence-electron chi connectivity index (χ1n) is 35.4. The van der Waals surface area contributed by atoms with Crippen molar-refractivity contribution in [3.63, 3.8) is 0 Å². The Hall–Kier alpha value is -8.31. The fraction of sp³-hybridized carbons (Fsp3) is 0.462. The Morgan fingerprint density at radius 1 is 0.378 bits per heavy atom. The van der Waals surface area contributed by atoms with Crippen molar-refractivity contribution in [1.82, 2.24) is 59.9 Å². The number of nitrogens with one attached hydrogen (secondary N) is 7. The second kappa shape index (κ2) is 48.6. The molecule has 0 saturated carbocycles. The summed E-state index contributed by atoms with van der Waals surface area (Å²) < 4.78 is 95.9. The number of ether oxygens (including phenoxy) is 3. The van der Waals surface area contributed by atoms with Gasteiger partial charge in [-0.1, -0.05) is 114 Å². The van der Waals surface area contributed by atoms with Crippen LogP contribution in [0.1, 0.15) is 108 Å². The molecule has 0 bridgehead atoms. The molecule has 33 heteroatoms. The number of amides is 5. The highest BCUT2D eigenvalue weighted by Crippen LogP contribution is 2.31. The minimum Gasteiger partial charge on any atom is -0.497 e. The molecule has 5 amide bonds. The van der Waals surface area contributed by atoms with Gasteiger partial charge in [0, 0.05) is 92.6 Å². The Balaban J connectivity index is 0.000000773. The molecular formula is C78H118Cl2N12O16S3. The predicted molar refractivity (Wildman–Crippen MR) is 439 cm³/mol. The third-order valence-corrected chi connectivity index (χ3v) is 23.0. The number of halogens is 2. The minimum absolute atomic E-state index is 0. The van der Waals surface area contributed by atoms with Gasteiger partial charge in [-0.05, 0) is 152 Å². The van der Waals surface area contributed by atoms with Gasteiger partial charge in [0.25, 0.3) is 0 Å². The van der Waals surface area contributed by atoms with Crippen LogP contribution in [-0.2, 0) is 98.1 Å². The smallest absolute Gasteiger partial charge is 0.322 e. The van der Waals surface area contributed by atoms with Crippen LogP contribution in [-0.4, -0.2) is 210 Å². The van der Waals surface area contributed by atoms with Gasteiger partial charge in [0.1, 0.15) is 23.8 Å². The number of carbonyl (C=O) groups excluding carboxylic acids is 5. The van der Waals surface area contributed by atoms with Crippen molar-refractivity contribution in [2.24, 2.45) is 0 Å². The van der Waals surface area contributed by atoms with Crippen LogP contribution in [0.25, 0.3) is 0 Å². The van der Waals surface area contributed by atoms with Crippen LogP contribution in [0.3, 0.4) is 0 Å². The molecular weight excluding hydrogens is 1530 g/mol. The highest BCUT2D eigenvalue weighted by atomic mass is 35.5. The second-order valence-corrected chi connectivity index (χ2v) is 33.3. The van der Waals surface area contributed by atoms with Crippen molar-refractivity contribution < 1.29 is 73.3 Å². The molecule has 0 saturated heterocycles. The first-order valence-corrected chi connectivity index (χ1v) is 39.8. The molecule has 0 radical (unpaired) electrons. The number of hydrogen-bond acceptors (Lipinski definition) is 19. The predicted octanol–water partition coefficient (Wildman–Crippen LogP) is 7.29. The van der Waals surface area contributed by atoms with Crippen molar-refractivity contribution in [3.05, 3.63) is 176 Å². The summed E-state index contributed by atoms with van der Waals surface area (Å²) >= 11 is 0. The van der Waals surface area contributed by atoms with Crippen LogP contribution < -0.4 is 51.4 Å². The van der Waals surface area contributed by atoms with E-state index in [2.05, 4.69) is 103 Å². The van der Waals surface area contributed by atoms with E-state index in [0.29, 0.717) is 81.8 Å². The number of likely N-dealkylation sites (N-methyl/N-ethyl adjacent to an activating group) is 5. The molecule has 0 unspecified atom stereocenters. The number of aliphatic carboxylic acids is 1. The number of benzene rings is 6. The zero-order valence-electron chi connectivity index (χ0n) is 68.0. The summed E-state index contributed by atoms with van der Waals surface area (Å²) in [7, 11) is 2.03. The number of carbonyl (C=O) groups is 6. The summed E-state index contributed by atoms with van der Waals surface area (Å²) in [5, 5.41) is 28.9. The van der Waals surface area contributed by atoms with E-state index in [1.165, 1.54) is 63.4 Å². The number of methoxy groups -OCH3 is 3. The van der Waals surface area contributed by atoms with Crippen LogP contribution in [0.15, 0.2) is 124 Å². The van der Waals surface area contributed by atoms with Crippen LogP contribution >= 0.6 is 24.8 Å². The summed E-state index contributed by atoms with van der Waals surface area (Å²) in [6.45, 7) is 24.7. The summed E-state index contributed by atoms with van der Waals surface area (Å²) in [5.74, 6) is -1.91. The fourth-order valence-electron chi connectivity index (χ4n) is 10.8. The van der Waals surface area contributed by atoms with Gasteiger partial charge in [0.2, 0.25) is 59.6 Å². The largest absolute Gasteiger partial charge is 0.497 e. The van der Waals surface area contributed by atoms with Crippen molar-refractivity contribution in [2.75, 3.05) is 103 Å². The molecule has 6 aromatic carbocycles. The van der Waals surface area contributed by atoms with Crippen molar-refractivity contribution in [1.29, 1.82) is 0 Å². The lowest BCUT2D eigenvalue weighted by atomic mass is 10.1. The molecule has 0 aliphatic rings. The van der Waals surface area contributed by atoms with E-state index in [9.17, 15) is 54.0 Å². The van der Waals surface area contributed by atoms with Gasteiger partial charge in [-0.3, -0.25) is 28.8 Å². The monoisotopic (exact) mass is 1640 g/mol. The highest BCUT2D eigenvalue weighted by Gasteiger charge is 2.31. The van der Waals surface area contributed by atoms with E-state index in [1.54, 1.807) is 92.0 Å². The third-order valence-electron chi connectivity index (χ3n) is 16.7. The third kappa shape index (κ3) is 33.9. The molecule has 0 spiro atoms. The summed E-state index contributed by atoms with van der Waals surface area (Å²) in [6, 6.07) is 35.8. The average molecular weight is 1650 g/mol. The van der Waals surface area contributed by atoms with E-state index in [4.69, 9.17) is 19.3 Å². The molecule has 0 heterocycles. The molecule has 0 fully saturated rings. The number of nitrogens with zero attached hydrogens (tertiary/aromatic N) is 5. The molecule has 6 aromatic rings. The Labute approximate surface area is 670 Å². The first-order chi connectivity index (χ1) is 51.0. The average Bonchev–Trinajstić information content (AvgIpc) is 0.795. The molecule has 111 heavy (non-hydrogen) atoms. The Morgan fingerprint density at radius 2 is 0.595 bits per heavy atom. The number of carboxylic acids is 1. The van der Waals surface area contributed by atoms with Crippen molar-refractivity contribution in [3.8, 4) is 17.2 Å². The minimum atomic E-state index is -3.91. The van der Waals surface area contributed by atoms with Gasteiger partial charge < -0.3 is 66.3 Å². The van der Waals surface area contributed by atoms with E-state index in [0.717, 1.165) is 61.3 Å². The Kier molecular flexibility index (Phi) is 44.1. The topological polar surface area (TPSA) is 353 Å². The first kappa shape index (κ1) is 101. The SMILES string of the molecule is CNCc1ccc(CNC(C)C)cc1.COc1cc(C)c(S(=O)(=O)N(C)CC(=O)NCC(=O)N(C)Cc2ccc(CNC(C)C)cc2)c(C)c1.COc1cc(C)c(S(=O)(=O)N(C)CC(=O)NCC(=O)N(C)Cc2ccc(CNC(C)C)cc2)c(C)c1.COc1cc(C)c(S(=O)(=O)N(C)CC(=O)NCC(=O)O)c(C)c1.Cl.Cl. The number of sulfonamides is 3. The highest BCUT2D eigenvalue weighted by molar-refractivity contribution is 7.89. The fourth-order valence-corrected chi connectivity index (χ4v) is 15.4. The molecule has 0 aliphatic heterocycles. The van der Waals surface area contributed by atoms with Gasteiger partial charge in [0.15, 0.2) is 0 Å². The number of hydrogen-bond donors (Lipinski definition) is 8. The molecule has 0 atom stereocenters. The van der Waals surface area contributed by atoms with Gasteiger partial charge in [-0.15, -0.1) is 24.8 Å². The molecule has 0 aliphatic carbocycles. The molecule has 6 rings (SSSR count). The van der Waals surface area contributed by atoms with Gasteiger partial charge >= 0.3 is 5.97 Å². The van der Waals surface area contributed by atoms with Crippen LogP contribution in [0.5, 0.6) is 17.2 Å². The zero-order chi connectivity index (χ0) is 82.3. The Morgan fingerprint density at radius 3 is 0.802 bits per heavy atom. The number of carboxylic acid groups (broad SMARTS) is 1. The number of aryl methyl sites for hydroxylation is 6. The summed E-state index contributed by atoms with van der Waals surface area (Å²) in [4.78, 5) is 75.3. The lowest BCUT2D eigenvalue weighted by Gasteiger charge is -2.21. The lowest BCUT2D eigenvalue weighted by Crippen LogP contribution is -2.43. The second-order valence-electron chi connectivity index (χ2n) is 27.4. The van der Waals surface area contributed by atoms with Gasteiger partial charge in [-0.2, -0.15) is 12.9 Å². The van der Waals surface area contributed by atoms with Crippen molar-refractivity contribution >= 4 is 90.4 Å². The number of rotatable bonds is 36. The quantitative estimate of drug-likeness (QED) is 0.0191. The normalized spacial score (nSPS) is 11.2. The lowest BCUT2D eigenvalue weighted by molar-refractivity contribution is -0.138. The summed E-state index contributed by atoms with van der Waals surface area (Å²) in [5.41, 5.74) is 10.1. The molecule has 618 valence electrons. The van der Waals surface area contributed by atoms with Crippen LogP contribution in [0.2, 0.25) is 0 Å². The zero-order valence-corrected chi connectivity index (χ0v) is 72.0. The maximum Gasteiger partial charge on any atom is 0.322 e. The molecule has 0 aromatic heterocycles. The standard InChI is InChI=1S/2C26H38N4O5S.C14H20N2O6S.C12H20N2.2ClH/c2*1-18(2)27-14-21-8-10-22(11-9-21)16-29(5)25(32)15-28-24(31)17-30(6)36(33,34)26-19(3)12-23(35-7)13-20(26)4;1-9-5-11(22-4)6-10(2)14(9)23(20,21)16(3)8-12(17)15-7-13(18)19;1-10(2)14-9-12-6-4-11(5-7-12)8-13-3;;/h2*8-13,18,27H,14-17H2,1-7H3,(H,28,31);5-6H,7-8H2,1-4H3,(H,15,17)(H,18,19);4-7,10,13-14H,8-9H2,1-3H3;2*1H. The van der Waals surface area contributed by atoms with Gasteiger partial charge in [0.05, 0.1) is 68.7 Å².